The molecule has 1 amide bonds. The lowest BCUT2D eigenvalue weighted by Gasteiger charge is -2.35. The standard InChI is InChI=1S/C20H21Cl2FN6O3/c1-25-17-16(18(31)26(2)20(25)32)29(19(22)24-17)11-15(30)28-8-6-27(7-9-28)10-12-13(21)4-3-5-14(12)23/h3-5H,6-11H2,1-2H3. The quantitative estimate of drug-likeness (QED) is 0.522. The molecule has 1 fully saturated rings. The number of hydrogen-bond acceptors (Lipinski definition) is 5. The van der Waals surface area contributed by atoms with Gasteiger partial charge in [0.05, 0.1) is 0 Å². The Morgan fingerprint density at radius 3 is 2.44 bits per heavy atom. The number of aromatic nitrogens is 4. The lowest BCUT2D eigenvalue weighted by molar-refractivity contribution is -0.133. The van der Waals surface area contributed by atoms with E-state index in [1.165, 1.54) is 29.3 Å². The van der Waals surface area contributed by atoms with Crippen LogP contribution in [0.4, 0.5) is 4.39 Å². The van der Waals surface area contributed by atoms with E-state index < -0.39 is 11.2 Å². The Balaban J connectivity index is 1.48. The van der Waals surface area contributed by atoms with Crippen LogP contribution in [-0.4, -0.2) is 60.6 Å². The van der Waals surface area contributed by atoms with Crippen molar-refractivity contribution in [2.75, 3.05) is 26.2 Å². The van der Waals surface area contributed by atoms with Gasteiger partial charge < -0.3 is 4.90 Å². The molecule has 0 radical (unpaired) electrons. The van der Waals surface area contributed by atoms with Gasteiger partial charge in [-0.05, 0) is 23.7 Å². The van der Waals surface area contributed by atoms with E-state index in [0.29, 0.717) is 43.3 Å². The number of imidazole rings is 1. The number of aryl methyl sites for hydroxylation is 1. The largest absolute Gasteiger partial charge is 0.339 e. The molecule has 0 bridgehead atoms. The second-order valence-electron chi connectivity index (χ2n) is 7.70. The normalized spacial score (nSPS) is 15.0. The second-order valence-corrected chi connectivity index (χ2v) is 8.45. The van der Waals surface area contributed by atoms with Crippen LogP contribution in [0.1, 0.15) is 5.56 Å². The molecule has 3 aromatic rings. The maximum atomic E-state index is 14.1. The van der Waals surface area contributed by atoms with Crippen molar-refractivity contribution in [2.45, 2.75) is 13.1 Å². The number of piperazine rings is 1. The molecule has 1 aliphatic heterocycles. The monoisotopic (exact) mass is 482 g/mol. The molecular formula is C20H21Cl2FN6O3. The highest BCUT2D eigenvalue weighted by Crippen LogP contribution is 2.22. The topological polar surface area (TPSA) is 85.4 Å². The van der Waals surface area contributed by atoms with Crippen molar-refractivity contribution in [3.05, 3.63) is 60.7 Å². The van der Waals surface area contributed by atoms with Crippen LogP contribution in [0.3, 0.4) is 0 Å². The molecule has 1 saturated heterocycles. The molecule has 12 heteroatoms. The van der Waals surface area contributed by atoms with E-state index in [4.69, 9.17) is 23.2 Å². The highest BCUT2D eigenvalue weighted by molar-refractivity contribution is 6.31. The zero-order valence-corrected chi connectivity index (χ0v) is 19.0. The van der Waals surface area contributed by atoms with E-state index >= 15 is 0 Å². The molecule has 0 atom stereocenters. The van der Waals surface area contributed by atoms with Gasteiger partial charge in [0.1, 0.15) is 12.4 Å². The summed E-state index contributed by atoms with van der Waals surface area (Å²) >= 11 is 12.3. The van der Waals surface area contributed by atoms with Crippen LogP contribution in [0, 0.1) is 5.82 Å². The zero-order chi connectivity index (χ0) is 23.2. The highest BCUT2D eigenvalue weighted by atomic mass is 35.5. The smallest absolute Gasteiger partial charge is 0.332 e. The molecule has 0 unspecified atom stereocenters. The summed E-state index contributed by atoms with van der Waals surface area (Å²) in [6, 6.07) is 4.59. The Morgan fingerprint density at radius 2 is 1.78 bits per heavy atom. The third-order valence-electron chi connectivity index (χ3n) is 5.76. The number of hydrogen-bond donors (Lipinski definition) is 0. The summed E-state index contributed by atoms with van der Waals surface area (Å²) in [6.07, 6.45) is 0. The van der Waals surface area contributed by atoms with E-state index in [9.17, 15) is 18.8 Å². The molecule has 4 rings (SSSR count). The van der Waals surface area contributed by atoms with Crippen molar-refractivity contribution >= 4 is 40.3 Å². The minimum absolute atomic E-state index is 0.0421. The maximum absolute atomic E-state index is 14.1. The summed E-state index contributed by atoms with van der Waals surface area (Å²) in [4.78, 5) is 45.5. The summed E-state index contributed by atoms with van der Waals surface area (Å²) in [7, 11) is 2.85. The highest BCUT2D eigenvalue weighted by Gasteiger charge is 2.25. The van der Waals surface area contributed by atoms with Gasteiger partial charge in [0.25, 0.3) is 5.56 Å². The van der Waals surface area contributed by atoms with Crippen molar-refractivity contribution in [1.29, 1.82) is 0 Å². The number of rotatable bonds is 4. The molecule has 2 aromatic heterocycles. The van der Waals surface area contributed by atoms with Crippen molar-refractivity contribution in [1.82, 2.24) is 28.5 Å². The minimum atomic E-state index is -0.568. The van der Waals surface area contributed by atoms with Crippen LogP contribution in [0.2, 0.25) is 10.3 Å². The van der Waals surface area contributed by atoms with Gasteiger partial charge in [-0.1, -0.05) is 17.7 Å². The predicted octanol–water partition coefficient (Wildman–Crippen LogP) is 1.22. The Labute approximate surface area is 192 Å². The molecule has 0 N–H and O–H groups in total. The lowest BCUT2D eigenvalue weighted by atomic mass is 10.2. The van der Waals surface area contributed by atoms with Gasteiger partial charge in [-0.3, -0.25) is 28.2 Å². The van der Waals surface area contributed by atoms with Crippen LogP contribution in [0.25, 0.3) is 11.2 Å². The molecule has 3 heterocycles. The maximum Gasteiger partial charge on any atom is 0.332 e. The Bertz CT molecular complexity index is 1300. The van der Waals surface area contributed by atoms with Gasteiger partial charge in [0.2, 0.25) is 11.2 Å². The molecule has 1 aromatic carbocycles. The molecule has 32 heavy (non-hydrogen) atoms. The van der Waals surface area contributed by atoms with E-state index in [-0.39, 0.29) is 34.7 Å². The first-order chi connectivity index (χ1) is 15.2. The van der Waals surface area contributed by atoms with E-state index in [1.54, 1.807) is 17.0 Å². The van der Waals surface area contributed by atoms with Gasteiger partial charge in [0.15, 0.2) is 11.2 Å². The molecular weight excluding hydrogens is 462 g/mol. The first-order valence-electron chi connectivity index (χ1n) is 9.93. The van der Waals surface area contributed by atoms with Crippen molar-refractivity contribution in [3.8, 4) is 0 Å². The number of carbonyl (C=O) groups is 1. The Kier molecular flexibility index (Phi) is 6.11. The average Bonchev–Trinajstić information content (AvgIpc) is 3.10. The first-order valence-corrected chi connectivity index (χ1v) is 10.7. The molecule has 170 valence electrons. The molecule has 0 aliphatic carbocycles. The van der Waals surface area contributed by atoms with E-state index in [0.717, 1.165) is 4.57 Å². The summed E-state index contributed by atoms with van der Waals surface area (Å²) in [5.74, 6) is -0.584. The number of carbonyl (C=O) groups excluding carboxylic acids is 1. The van der Waals surface area contributed by atoms with Crippen molar-refractivity contribution < 1.29 is 9.18 Å². The number of fused-ring (bicyclic) bond motifs is 1. The fraction of sp³-hybridized carbons (Fsp3) is 0.400. The van der Waals surface area contributed by atoms with Gasteiger partial charge >= 0.3 is 5.69 Å². The predicted molar refractivity (Wildman–Crippen MR) is 118 cm³/mol. The number of nitrogens with zero attached hydrogens (tertiary/aromatic N) is 6. The summed E-state index contributed by atoms with van der Waals surface area (Å²) < 4.78 is 17.6. The fourth-order valence-electron chi connectivity index (χ4n) is 3.86. The van der Waals surface area contributed by atoms with E-state index in [1.807, 2.05) is 4.90 Å². The molecule has 1 aliphatic rings. The van der Waals surface area contributed by atoms with Gasteiger partial charge in [-0.25, -0.2) is 9.18 Å². The summed E-state index contributed by atoms with van der Waals surface area (Å²) in [5.41, 5.74) is -0.432. The summed E-state index contributed by atoms with van der Waals surface area (Å²) in [5, 5.41) is 0.334. The van der Waals surface area contributed by atoms with Crippen LogP contribution >= 0.6 is 23.2 Å². The Hall–Kier alpha value is -2.69. The van der Waals surface area contributed by atoms with Crippen LogP contribution in [0.5, 0.6) is 0 Å². The van der Waals surface area contributed by atoms with Crippen LogP contribution in [-0.2, 0) is 32.0 Å². The molecule has 0 saturated carbocycles. The molecule has 0 spiro atoms. The van der Waals surface area contributed by atoms with Crippen LogP contribution in [0.15, 0.2) is 27.8 Å². The number of halogens is 3. The lowest BCUT2D eigenvalue weighted by Crippen LogP contribution is -2.49. The van der Waals surface area contributed by atoms with Gasteiger partial charge in [-0.15, -0.1) is 0 Å². The second kappa shape index (κ2) is 8.68. The van der Waals surface area contributed by atoms with Crippen molar-refractivity contribution in [3.63, 3.8) is 0 Å². The third-order valence-corrected chi connectivity index (χ3v) is 6.41. The number of amides is 1. The third kappa shape index (κ3) is 3.94. The van der Waals surface area contributed by atoms with Crippen molar-refractivity contribution in [2.24, 2.45) is 14.1 Å². The zero-order valence-electron chi connectivity index (χ0n) is 17.5. The van der Waals surface area contributed by atoms with E-state index in [2.05, 4.69) is 4.98 Å². The minimum Gasteiger partial charge on any atom is -0.339 e. The number of benzene rings is 1. The average molecular weight is 483 g/mol. The fourth-order valence-corrected chi connectivity index (χ4v) is 4.31. The van der Waals surface area contributed by atoms with Gasteiger partial charge in [0, 0.05) is 57.4 Å². The SMILES string of the molecule is Cn1c(=O)c2c(nc(Cl)n2CC(=O)N2CCN(Cc3c(F)cccc3Cl)CC2)n(C)c1=O. The van der Waals surface area contributed by atoms with Crippen LogP contribution < -0.4 is 11.2 Å². The Morgan fingerprint density at radius 1 is 1.09 bits per heavy atom. The summed E-state index contributed by atoms with van der Waals surface area (Å²) in [6.45, 7) is 2.14. The van der Waals surface area contributed by atoms with Gasteiger partial charge in [-0.2, -0.15) is 4.98 Å². The molecule has 9 nitrogen and oxygen atoms in total. The first kappa shape index (κ1) is 22.5.